The summed E-state index contributed by atoms with van der Waals surface area (Å²) in [7, 11) is 0. The number of amides is 1. The molecule has 1 atom stereocenters. The molecule has 2 aromatic rings. The van der Waals surface area contributed by atoms with Crippen molar-refractivity contribution in [3.63, 3.8) is 0 Å². The largest absolute Gasteiger partial charge is 0.394 e. The first-order valence-corrected chi connectivity index (χ1v) is 7.87. The van der Waals surface area contributed by atoms with Gasteiger partial charge in [0.05, 0.1) is 13.2 Å². The number of halogens is 1. The third-order valence-electron chi connectivity index (χ3n) is 3.88. The molecule has 1 heterocycles. The number of rotatable bonds is 5. The highest BCUT2D eigenvalue weighted by atomic mass is 35.5. The molecule has 1 aliphatic heterocycles. The molecule has 1 unspecified atom stereocenters. The number of hydrogen-bond donors (Lipinski definition) is 1. The molecule has 0 aromatic heterocycles. The van der Waals surface area contributed by atoms with Gasteiger partial charge in [-0.1, -0.05) is 23.7 Å². The maximum absolute atomic E-state index is 12.9. The molecule has 3 rings (SSSR count). The maximum atomic E-state index is 12.9. The lowest BCUT2D eigenvalue weighted by Gasteiger charge is -2.25. The Hall–Kier alpha value is -2.21. The van der Waals surface area contributed by atoms with Crippen LogP contribution in [0.2, 0.25) is 5.02 Å². The summed E-state index contributed by atoms with van der Waals surface area (Å²) in [4.78, 5) is 26.0. The highest BCUT2D eigenvalue weighted by molar-refractivity contribution is 6.30. The predicted molar refractivity (Wildman–Crippen MR) is 90.5 cm³/mol. The molecule has 6 heteroatoms. The van der Waals surface area contributed by atoms with Gasteiger partial charge in [-0.05, 0) is 37.3 Å². The molecule has 124 valence electrons. The number of fused-ring (bicyclic) bond motifs is 1. The van der Waals surface area contributed by atoms with Gasteiger partial charge in [0.15, 0.2) is 12.0 Å². The summed E-state index contributed by atoms with van der Waals surface area (Å²) < 4.78 is 5.68. The van der Waals surface area contributed by atoms with Crippen molar-refractivity contribution >= 4 is 29.0 Å². The highest BCUT2D eigenvalue weighted by Gasteiger charge is 2.38. The zero-order chi connectivity index (χ0) is 17.3. The second-order valence-electron chi connectivity index (χ2n) is 5.46. The van der Waals surface area contributed by atoms with Crippen LogP contribution in [0.4, 0.5) is 5.69 Å². The minimum absolute atomic E-state index is 0.0932. The number of carbonyl (C=O) groups excluding carboxylic acids is 2. The number of carbonyl (C=O) groups is 2. The Bertz CT molecular complexity index is 788. The van der Waals surface area contributed by atoms with Crippen molar-refractivity contribution in [1.82, 2.24) is 0 Å². The first-order valence-electron chi connectivity index (χ1n) is 7.49. The monoisotopic (exact) mass is 345 g/mol. The number of hydrogen-bond acceptors (Lipinski definition) is 4. The number of ether oxygens (including phenoxy) is 1. The van der Waals surface area contributed by atoms with E-state index in [-0.39, 0.29) is 24.9 Å². The quantitative estimate of drug-likeness (QED) is 0.845. The van der Waals surface area contributed by atoms with Crippen molar-refractivity contribution in [1.29, 1.82) is 0 Å². The molecule has 0 aliphatic carbocycles. The van der Waals surface area contributed by atoms with Crippen molar-refractivity contribution in [2.75, 3.05) is 18.1 Å². The fourth-order valence-corrected chi connectivity index (χ4v) is 2.86. The SMILES string of the molecule is CC(=O)c1ccc2c(c1)C(=O)N(c1ccc(Cl)cc1)C2OCCO. The molecule has 0 radical (unpaired) electrons. The molecule has 24 heavy (non-hydrogen) atoms. The van der Waals surface area contributed by atoms with Crippen LogP contribution in [0.3, 0.4) is 0 Å². The summed E-state index contributed by atoms with van der Waals surface area (Å²) in [5.41, 5.74) is 2.21. The van der Waals surface area contributed by atoms with Gasteiger partial charge in [-0.15, -0.1) is 0 Å². The Morgan fingerprint density at radius 1 is 1.25 bits per heavy atom. The van der Waals surface area contributed by atoms with E-state index in [4.69, 9.17) is 21.4 Å². The Morgan fingerprint density at radius 2 is 1.96 bits per heavy atom. The van der Waals surface area contributed by atoms with E-state index in [2.05, 4.69) is 0 Å². The van der Waals surface area contributed by atoms with Crippen LogP contribution in [0.5, 0.6) is 0 Å². The molecule has 0 saturated carbocycles. The highest BCUT2D eigenvalue weighted by Crippen LogP contribution is 2.39. The van der Waals surface area contributed by atoms with E-state index in [9.17, 15) is 9.59 Å². The second kappa shape index (κ2) is 6.73. The summed E-state index contributed by atoms with van der Waals surface area (Å²) in [5.74, 6) is -0.360. The van der Waals surface area contributed by atoms with E-state index in [0.717, 1.165) is 0 Å². The number of nitrogens with zero attached hydrogens (tertiary/aromatic N) is 1. The number of aliphatic hydroxyl groups is 1. The summed E-state index contributed by atoms with van der Waals surface area (Å²) in [6.45, 7) is 1.40. The van der Waals surface area contributed by atoms with Crippen LogP contribution in [0.1, 0.15) is 39.4 Å². The Balaban J connectivity index is 2.06. The molecule has 1 amide bonds. The lowest BCUT2D eigenvalue weighted by Crippen LogP contribution is -2.30. The number of ketones is 1. The fraction of sp³-hybridized carbons (Fsp3) is 0.222. The van der Waals surface area contributed by atoms with Crippen molar-refractivity contribution in [2.45, 2.75) is 13.2 Å². The summed E-state index contributed by atoms with van der Waals surface area (Å²) in [5, 5.41) is 9.62. The Kier molecular flexibility index (Phi) is 4.66. The zero-order valence-corrected chi connectivity index (χ0v) is 13.8. The van der Waals surface area contributed by atoms with Gasteiger partial charge in [-0.2, -0.15) is 0 Å². The lowest BCUT2D eigenvalue weighted by molar-refractivity contribution is 0.0300. The number of benzene rings is 2. The average Bonchev–Trinajstić information content (AvgIpc) is 2.85. The van der Waals surface area contributed by atoms with E-state index in [0.29, 0.717) is 27.4 Å². The first kappa shape index (κ1) is 16.6. The Labute approximate surface area is 144 Å². The van der Waals surface area contributed by atoms with Crippen LogP contribution in [0.25, 0.3) is 0 Å². The molecular formula is C18H16ClNO4. The molecule has 1 N–H and O–H groups in total. The normalized spacial score (nSPS) is 16.4. The zero-order valence-electron chi connectivity index (χ0n) is 13.0. The fourth-order valence-electron chi connectivity index (χ4n) is 2.73. The molecule has 0 saturated heterocycles. The molecular weight excluding hydrogens is 330 g/mol. The second-order valence-corrected chi connectivity index (χ2v) is 5.89. The van der Waals surface area contributed by atoms with Gasteiger partial charge in [0.2, 0.25) is 0 Å². The lowest BCUT2D eigenvalue weighted by atomic mass is 10.0. The summed E-state index contributed by atoms with van der Waals surface area (Å²) in [6.07, 6.45) is -0.651. The summed E-state index contributed by atoms with van der Waals surface area (Å²) >= 11 is 5.91. The Morgan fingerprint density at radius 3 is 2.58 bits per heavy atom. The minimum atomic E-state index is -0.651. The van der Waals surface area contributed by atoms with Gasteiger partial charge in [-0.25, -0.2) is 0 Å². The van der Waals surface area contributed by atoms with Gasteiger partial charge < -0.3 is 9.84 Å². The molecule has 1 aliphatic rings. The van der Waals surface area contributed by atoms with Gasteiger partial charge in [0.25, 0.3) is 5.91 Å². The van der Waals surface area contributed by atoms with Crippen LogP contribution in [-0.4, -0.2) is 30.0 Å². The van der Waals surface area contributed by atoms with Crippen LogP contribution >= 0.6 is 11.6 Å². The van der Waals surface area contributed by atoms with E-state index in [1.54, 1.807) is 42.5 Å². The molecule has 5 nitrogen and oxygen atoms in total. The van der Waals surface area contributed by atoms with E-state index in [1.807, 2.05) is 0 Å². The predicted octanol–water partition coefficient (Wildman–Crippen LogP) is 3.21. The van der Waals surface area contributed by atoms with Crippen LogP contribution < -0.4 is 4.90 Å². The standard InChI is InChI=1S/C18H16ClNO4/c1-11(22)12-2-7-15-16(10-12)17(23)20(18(15)24-9-8-21)14-5-3-13(19)4-6-14/h2-7,10,18,21H,8-9H2,1H3. The third-order valence-corrected chi connectivity index (χ3v) is 4.13. The van der Waals surface area contributed by atoms with Gasteiger partial charge in [-0.3, -0.25) is 14.5 Å². The van der Waals surface area contributed by atoms with E-state index < -0.39 is 6.23 Å². The van der Waals surface area contributed by atoms with Gasteiger partial charge in [0.1, 0.15) is 0 Å². The summed E-state index contributed by atoms with van der Waals surface area (Å²) in [6, 6.07) is 11.8. The molecule has 2 aromatic carbocycles. The average molecular weight is 346 g/mol. The smallest absolute Gasteiger partial charge is 0.261 e. The molecule has 0 bridgehead atoms. The van der Waals surface area contributed by atoms with Crippen LogP contribution in [0.15, 0.2) is 42.5 Å². The van der Waals surface area contributed by atoms with Gasteiger partial charge in [0, 0.05) is 27.4 Å². The van der Waals surface area contributed by atoms with Crippen molar-refractivity contribution in [3.05, 3.63) is 64.2 Å². The van der Waals surface area contributed by atoms with Gasteiger partial charge >= 0.3 is 0 Å². The topological polar surface area (TPSA) is 66.8 Å². The van der Waals surface area contributed by atoms with Crippen molar-refractivity contribution < 1.29 is 19.4 Å². The molecule has 0 fully saturated rings. The van der Waals surface area contributed by atoms with Crippen LogP contribution in [-0.2, 0) is 4.74 Å². The first-order chi connectivity index (χ1) is 11.5. The number of aliphatic hydroxyl groups excluding tert-OH is 1. The van der Waals surface area contributed by atoms with E-state index in [1.165, 1.54) is 11.8 Å². The third kappa shape index (κ3) is 2.94. The molecule has 0 spiro atoms. The number of anilines is 1. The van der Waals surface area contributed by atoms with Crippen LogP contribution in [0, 0.1) is 0 Å². The van der Waals surface area contributed by atoms with E-state index >= 15 is 0 Å². The van der Waals surface area contributed by atoms with Crippen molar-refractivity contribution in [3.8, 4) is 0 Å². The maximum Gasteiger partial charge on any atom is 0.261 e. The number of Topliss-reactive ketones (excluding diaryl/α,β-unsaturated/α-hetero) is 1. The van der Waals surface area contributed by atoms with Crippen molar-refractivity contribution in [2.24, 2.45) is 0 Å². The minimum Gasteiger partial charge on any atom is -0.394 e.